The molecule has 1 saturated carbocycles. The molecule has 1 aromatic rings. The number of piperidine rings is 2. The molecule has 0 unspecified atom stereocenters. The maximum Gasteiger partial charge on any atom is 0.123 e. The predicted molar refractivity (Wildman–Crippen MR) is 88.7 cm³/mol. The van der Waals surface area contributed by atoms with Crippen molar-refractivity contribution >= 4 is 0 Å². The zero-order valence-electron chi connectivity index (χ0n) is 13.7. The second-order valence-corrected chi connectivity index (χ2v) is 7.55. The molecule has 0 bridgehead atoms. The van der Waals surface area contributed by atoms with E-state index in [2.05, 4.69) is 9.80 Å². The summed E-state index contributed by atoms with van der Waals surface area (Å²) < 4.78 is 13.0. The molecule has 2 saturated heterocycles. The lowest BCUT2D eigenvalue weighted by Gasteiger charge is -2.48. The van der Waals surface area contributed by atoms with E-state index in [0.29, 0.717) is 6.54 Å². The zero-order valence-corrected chi connectivity index (χ0v) is 13.7. The second-order valence-electron chi connectivity index (χ2n) is 7.55. The lowest BCUT2D eigenvalue weighted by atomic mass is 9.83. The fourth-order valence-electron chi connectivity index (χ4n) is 4.58. The highest BCUT2D eigenvalue weighted by Crippen LogP contribution is 2.38. The number of aliphatic hydroxyl groups excluding tert-OH is 1. The molecule has 3 atom stereocenters. The van der Waals surface area contributed by atoms with Gasteiger partial charge in [0.1, 0.15) is 5.82 Å². The molecule has 23 heavy (non-hydrogen) atoms. The molecule has 0 aromatic heterocycles. The van der Waals surface area contributed by atoms with Gasteiger partial charge in [-0.15, -0.1) is 0 Å². The maximum atomic E-state index is 13.0. The predicted octanol–water partition coefficient (Wildman–Crippen LogP) is 2.81. The minimum absolute atomic E-state index is 0.246. The minimum atomic E-state index is -0.518. The highest BCUT2D eigenvalue weighted by molar-refractivity contribution is 5.18. The topological polar surface area (TPSA) is 26.7 Å². The summed E-state index contributed by atoms with van der Waals surface area (Å²) in [6.45, 7) is 4.14. The van der Waals surface area contributed by atoms with Gasteiger partial charge in [0.15, 0.2) is 0 Å². The number of β-amino-alcohol motifs (C(OH)–C–C–N with tert-alkyl or cyclic N) is 1. The number of hydrogen-bond acceptors (Lipinski definition) is 3. The van der Waals surface area contributed by atoms with Gasteiger partial charge in [-0.2, -0.15) is 0 Å². The molecule has 2 aliphatic heterocycles. The van der Waals surface area contributed by atoms with E-state index in [0.717, 1.165) is 36.7 Å². The van der Waals surface area contributed by atoms with Crippen LogP contribution in [0, 0.1) is 11.7 Å². The summed E-state index contributed by atoms with van der Waals surface area (Å²) >= 11 is 0. The van der Waals surface area contributed by atoms with E-state index in [-0.39, 0.29) is 5.82 Å². The first-order chi connectivity index (χ1) is 11.2. The molecule has 0 radical (unpaired) electrons. The van der Waals surface area contributed by atoms with Crippen molar-refractivity contribution in [3.8, 4) is 0 Å². The minimum Gasteiger partial charge on any atom is -0.387 e. The lowest BCUT2D eigenvalue weighted by molar-refractivity contribution is 0.00230. The first kappa shape index (κ1) is 15.6. The molecular formula is C19H27FN2O. The summed E-state index contributed by atoms with van der Waals surface area (Å²) in [5.41, 5.74) is 0.816. The molecule has 4 heteroatoms. The average molecular weight is 318 g/mol. The molecule has 2 heterocycles. The van der Waals surface area contributed by atoms with Crippen molar-refractivity contribution in [1.29, 1.82) is 0 Å². The van der Waals surface area contributed by atoms with Crippen LogP contribution in [0.2, 0.25) is 0 Å². The fraction of sp³-hybridized carbons (Fsp3) is 0.684. The third kappa shape index (κ3) is 3.44. The van der Waals surface area contributed by atoms with Crippen molar-refractivity contribution in [3.63, 3.8) is 0 Å². The van der Waals surface area contributed by atoms with Crippen LogP contribution in [0.5, 0.6) is 0 Å². The first-order valence-electron chi connectivity index (χ1n) is 9.12. The Morgan fingerprint density at radius 3 is 2.61 bits per heavy atom. The third-order valence-electron chi connectivity index (χ3n) is 5.90. The molecule has 1 aromatic carbocycles. The Hall–Kier alpha value is -0.970. The maximum absolute atomic E-state index is 13.0. The zero-order chi connectivity index (χ0) is 15.8. The molecule has 0 amide bonds. The van der Waals surface area contributed by atoms with Gasteiger partial charge in [-0.25, -0.2) is 4.39 Å². The summed E-state index contributed by atoms with van der Waals surface area (Å²) in [5.74, 6) is 0.516. The number of halogens is 1. The van der Waals surface area contributed by atoms with Gasteiger partial charge in [-0.1, -0.05) is 12.1 Å². The van der Waals surface area contributed by atoms with Crippen LogP contribution >= 0.6 is 0 Å². The number of rotatable bonds is 4. The van der Waals surface area contributed by atoms with Gasteiger partial charge in [0.25, 0.3) is 0 Å². The Morgan fingerprint density at radius 2 is 1.87 bits per heavy atom. The van der Waals surface area contributed by atoms with Crippen molar-refractivity contribution in [2.75, 3.05) is 26.2 Å². The number of fused-ring (bicyclic) bond motifs is 1. The molecule has 126 valence electrons. The quantitative estimate of drug-likeness (QED) is 0.925. The Bertz CT molecular complexity index is 531. The normalized spacial score (nSPS) is 30.9. The van der Waals surface area contributed by atoms with Gasteiger partial charge in [-0.05, 0) is 68.8 Å². The smallest absolute Gasteiger partial charge is 0.123 e. The largest absolute Gasteiger partial charge is 0.387 e. The van der Waals surface area contributed by atoms with Crippen LogP contribution in [0.25, 0.3) is 0 Å². The second kappa shape index (κ2) is 6.50. The Kier molecular flexibility index (Phi) is 4.39. The van der Waals surface area contributed by atoms with Crippen molar-refractivity contribution < 1.29 is 9.50 Å². The summed E-state index contributed by atoms with van der Waals surface area (Å²) in [4.78, 5) is 5.19. The molecule has 0 spiro atoms. The van der Waals surface area contributed by atoms with Gasteiger partial charge >= 0.3 is 0 Å². The molecule has 3 aliphatic rings. The molecule has 1 aliphatic carbocycles. The summed E-state index contributed by atoms with van der Waals surface area (Å²) in [5, 5.41) is 10.4. The monoisotopic (exact) mass is 318 g/mol. The van der Waals surface area contributed by atoms with Gasteiger partial charge < -0.3 is 10.0 Å². The standard InChI is InChI=1S/C19H27FN2O/c20-16-5-3-14(4-6-16)19(23)13-21-11-9-18-15(12-21)2-1-10-22(18)17-7-8-17/h3-6,15,17-19,23H,1-2,7-13H2/t15-,18-,19-/m1/s1. The van der Waals surface area contributed by atoms with Crippen LogP contribution in [0.1, 0.15) is 43.8 Å². The van der Waals surface area contributed by atoms with Crippen LogP contribution in [0.3, 0.4) is 0 Å². The van der Waals surface area contributed by atoms with Crippen LogP contribution in [-0.4, -0.2) is 53.2 Å². The van der Waals surface area contributed by atoms with Crippen molar-refractivity contribution in [2.24, 2.45) is 5.92 Å². The van der Waals surface area contributed by atoms with Crippen LogP contribution in [-0.2, 0) is 0 Å². The summed E-state index contributed by atoms with van der Waals surface area (Å²) in [6.07, 6.45) is 6.17. The Labute approximate surface area is 138 Å². The average Bonchev–Trinajstić information content (AvgIpc) is 3.39. The number of benzene rings is 1. The number of hydrogen-bond donors (Lipinski definition) is 1. The van der Waals surface area contributed by atoms with Crippen LogP contribution in [0.15, 0.2) is 24.3 Å². The molecule has 3 fully saturated rings. The SMILES string of the molecule is O[C@H](CN1CC[C@@H]2[C@H](CCCN2C2CC2)C1)c1ccc(F)cc1. The summed E-state index contributed by atoms with van der Waals surface area (Å²) in [6, 6.07) is 7.90. The van der Waals surface area contributed by atoms with Gasteiger partial charge in [0, 0.05) is 25.2 Å². The number of nitrogens with zero attached hydrogens (tertiary/aromatic N) is 2. The van der Waals surface area contributed by atoms with Gasteiger partial charge in [0.05, 0.1) is 6.10 Å². The third-order valence-corrected chi connectivity index (χ3v) is 5.90. The van der Waals surface area contributed by atoms with E-state index in [9.17, 15) is 9.50 Å². The number of aliphatic hydroxyl groups is 1. The van der Waals surface area contributed by atoms with Crippen LogP contribution < -0.4 is 0 Å². The Balaban J connectivity index is 1.35. The number of likely N-dealkylation sites (tertiary alicyclic amines) is 2. The van der Waals surface area contributed by atoms with Gasteiger partial charge in [0.2, 0.25) is 0 Å². The summed E-state index contributed by atoms with van der Waals surface area (Å²) in [7, 11) is 0. The van der Waals surface area contributed by atoms with Crippen molar-refractivity contribution in [3.05, 3.63) is 35.6 Å². The van der Waals surface area contributed by atoms with E-state index in [1.807, 2.05) is 0 Å². The molecule has 1 N–H and O–H groups in total. The molecule has 3 nitrogen and oxygen atoms in total. The fourth-order valence-corrected chi connectivity index (χ4v) is 4.58. The van der Waals surface area contributed by atoms with Crippen LogP contribution in [0.4, 0.5) is 4.39 Å². The highest BCUT2D eigenvalue weighted by Gasteiger charge is 2.42. The first-order valence-corrected chi connectivity index (χ1v) is 9.12. The highest BCUT2D eigenvalue weighted by atomic mass is 19.1. The van der Waals surface area contributed by atoms with Crippen molar-refractivity contribution in [1.82, 2.24) is 9.80 Å². The molecular weight excluding hydrogens is 291 g/mol. The van der Waals surface area contributed by atoms with Gasteiger partial charge in [-0.3, -0.25) is 4.90 Å². The van der Waals surface area contributed by atoms with Crippen molar-refractivity contribution in [2.45, 2.75) is 50.3 Å². The van der Waals surface area contributed by atoms with E-state index in [1.54, 1.807) is 12.1 Å². The Morgan fingerprint density at radius 1 is 1.09 bits per heavy atom. The lowest BCUT2D eigenvalue weighted by Crippen LogP contribution is -2.55. The van der Waals surface area contributed by atoms with E-state index in [4.69, 9.17) is 0 Å². The van der Waals surface area contributed by atoms with E-state index < -0.39 is 6.10 Å². The van der Waals surface area contributed by atoms with E-state index >= 15 is 0 Å². The van der Waals surface area contributed by atoms with E-state index in [1.165, 1.54) is 50.8 Å². The molecule has 4 rings (SSSR count).